The number of hydrogen-bond acceptors (Lipinski definition) is 7. The average molecular weight is 485 g/mol. The molecule has 1 aliphatic rings. The van der Waals surface area contributed by atoms with Crippen molar-refractivity contribution in [3.63, 3.8) is 0 Å². The van der Waals surface area contributed by atoms with Gasteiger partial charge in [-0.05, 0) is 53.9 Å². The molecule has 0 saturated carbocycles. The van der Waals surface area contributed by atoms with Crippen molar-refractivity contribution >= 4 is 10.0 Å². The molecule has 1 aliphatic heterocycles. The smallest absolute Gasteiger partial charge is 0.243 e. The predicted octanol–water partition coefficient (Wildman–Crippen LogP) is 2.55. The normalized spacial score (nSPS) is 14.7. The molecule has 180 valence electrons. The van der Waals surface area contributed by atoms with Crippen molar-refractivity contribution in [2.75, 3.05) is 20.4 Å². The van der Waals surface area contributed by atoms with Gasteiger partial charge in [-0.2, -0.15) is 4.31 Å². The Balaban J connectivity index is 1.58. The molecule has 1 heterocycles. The Hall–Kier alpha value is -3.11. The van der Waals surface area contributed by atoms with Crippen LogP contribution in [0.15, 0.2) is 77.7 Å². The first-order valence-corrected chi connectivity index (χ1v) is 12.3. The van der Waals surface area contributed by atoms with Gasteiger partial charge in [-0.25, -0.2) is 8.42 Å². The summed E-state index contributed by atoms with van der Waals surface area (Å²) in [6, 6.07) is 20.3. The van der Waals surface area contributed by atoms with Crippen molar-refractivity contribution < 1.29 is 27.7 Å². The molecule has 4 rings (SSSR count). The number of nitrogens with two attached hydrogens (primary N) is 1. The highest BCUT2D eigenvalue weighted by molar-refractivity contribution is 7.89. The summed E-state index contributed by atoms with van der Waals surface area (Å²) >= 11 is 0. The van der Waals surface area contributed by atoms with E-state index in [1.807, 2.05) is 30.3 Å². The van der Waals surface area contributed by atoms with E-state index in [9.17, 15) is 13.5 Å². The zero-order valence-electron chi connectivity index (χ0n) is 18.8. The SMILES string of the molecule is COc1ccc(S(=O)(=O)N(Cc2ccc3c(c2)OCO3)C[C@@H](O)[C@@H](N)Cc2ccccc2)cc1. The summed E-state index contributed by atoms with van der Waals surface area (Å²) in [5, 5.41) is 10.9. The first kappa shape index (κ1) is 24.0. The maximum atomic E-state index is 13.6. The number of sulfonamides is 1. The van der Waals surface area contributed by atoms with Gasteiger partial charge >= 0.3 is 0 Å². The zero-order valence-corrected chi connectivity index (χ0v) is 19.6. The molecule has 0 unspecified atom stereocenters. The zero-order chi connectivity index (χ0) is 24.1. The van der Waals surface area contributed by atoms with E-state index in [0.29, 0.717) is 29.2 Å². The van der Waals surface area contributed by atoms with Crippen LogP contribution in [0, 0.1) is 0 Å². The molecular formula is C25H28N2O6S. The van der Waals surface area contributed by atoms with Gasteiger partial charge in [-0.1, -0.05) is 36.4 Å². The van der Waals surface area contributed by atoms with Gasteiger partial charge < -0.3 is 25.1 Å². The second-order valence-electron chi connectivity index (χ2n) is 8.08. The maximum absolute atomic E-state index is 13.6. The molecule has 3 aromatic rings. The van der Waals surface area contributed by atoms with E-state index in [4.69, 9.17) is 19.9 Å². The Labute approximate surface area is 199 Å². The second kappa shape index (κ2) is 10.4. The lowest BCUT2D eigenvalue weighted by Gasteiger charge is -2.28. The fourth-order valence-corrected chi connectivity index (χ4v) is 5.20. The van der Waals surface area contributed by atoms with Crippen molar-refractivity contribution in [2.24, 2.45) is 5.73 Å². The van der Waals surface area contributed by atoms with Gasteiger partial charge in [0.15, 0.2) is 11.5 Å². The summed E-state index contributed by atoms with van der Waals surface area (Å²) in [6.45, 7) is -0.0172. The quantitative estimate of drug-likeness (QED) is 0.455. The average Bonchev–Trinajstić information content (AvgIpc) is 3.32. The van der Waals surface area contributed by atoms with Gasteiger partial charge in [0.1, 0.15) is 5.75 Å². The van der Waals surface area contributed by atoms with Crippen LogP contribution >= 0.6 is 0 Å². The van der Waals surface area contributed by atoms with Crippen LogP contribution in [0.4, 0.5) is 0 Å². The molecule has 0 saturated heterocycles. The fraction of sp³-hybridized carbons (Fsp3) is 0.280. The largest absolute Gasteiger partial charge is 0.497 e. The van der Waals surface area contributed by atoms with E-state index in [0.717, 1.165) is 5.56 Å². The fourth-order valence-electron chi connectivity index (χ4n) is 3.75. The molecule has 0 aliphatic carbocycles. The number of rotatable bonds is 10. The van der Waals surface area contributed by atoms with Crippen LogP contribution in [0.3, 0.4) is 0 Å². The van der Waals surface area contributed by atoms with Crippen molar-refractivity contribution in [1.29, 1.82) is 0 Å². The molecule has 8 nitrogen and oxygen atoms in total. The minimum absolute atomic E-state index is 0.0279. The maximum Gasteiger partial charge on any atom is 0.243 e. The highest BCUT2D eigenvalue weighted by atomic mass is 32.2. The molecule has 0 amide bonds. The number of aliphatic hydroxyl groups excluding tert-OH is 1. The Bertz CT molecular complexity index is 1200. The van der Waals surface area contributed by atoms with Gasteiger partial charge in [0.05, 0.1) is 18.1 Å². The molecular weight excluding hydrogens is 456 g/mol. The third-order valence-electron chi connectivity index (χ3n) is 5.69. The van der Waals surface area contributed by atoms with E-state index in [1.54, 1.807) is 30.3 Å². The van der Waals surface area contributed by atoms with E-state index in [2.05, 4.69) is 0 Å². The number of aliphatic hydroxyl groups is 1. The molecule has 0 aromatic heterocycles. The number of fused-ring (bicyclic) bond motifs is 1. The minimum atomic E-state index is -3.95. The molecule has 0 radical (unpaired) electrons. The standard InChI is InChI=1S/C25H28N2O6S/c1-31-20-8-10-21(11-9-20)34(29,30)27(15-19-7-12-24-25(14-19)33-17-32-24)16-23(28)22(26)13-18-5-3-2-4-6-18/h2-12,14,22-23,28H,13,15-17,26H2,1H3/t22-,23+/m0/s1. The molecule has 34 heavy (non-hydrogen) atoms. The highest BCUT2D eigenvalue weighted by Crippen LogP contribution is 2.33. The van der Waals surface area contributed by atoms with E-state index in [1.165, 1.54) is 23.5 Å². The third-order valence-corrected chi connectivity index (χ3v) is 7.52. The molecule has 9 heteroatoms. The third kappa shape index (κ3) is 5.51. The van der Waals surface area contributed by atoms with E-state index in [-0.39, 0.29) is 24.8 Å². The summed E-state index contributed by atoms with van der Waals surface area (Å²) in [5.74, 6) is 1.71. The van der Waals surface area contributed by atoms with Crippen LogP contribution in [-0.2, 0) is 23.0 Å². The summed E-state index contributed by atoms with van der Waals surface area (Å²) in [7, 11) is -2.44. The van der Waals surface area contributed by atoms with Gasteiger partial charge in [-0.15, -0.1) is 0 Å². The number of methoxy groups -OCH3 is 1. The van der Waals surface area contributed by atoms with Crippen molar-refractivity contribution in [1.82, 2.24) is 4.31 Å². The van der Waals surface area contributed by atoms with Crippen LogP contribution in [0.2, 0.25) is 0 Å². The monoisotopic (exact) mass is 484 g/mol. The molecule has 0 fully saturated rings. The Morgan fingerprint density at radius 1 is 1.00 bits per heavy atom. The first-order valence-electron chi connectivity index (χ1n) is 10.9. The van der Waals surface area contributed by atoms with Gasteiger partial charge in [0.2, 0.25) is 16.8 Å². The molecule has 0 bridgehead atoms. The Morgan fingerprint density at radius 2 is 1.71 bits per heavy atom. The van der Waals surface area contributed by atoms with Gasteiger partial charge in [0, 0.05) is 19.1 Å². The van der Waals surface area contributed by atoms with Crippen LogP contribution in [0.25, 0.3) is 0 Å². The topological polar surface area (TPSA) is 111 Å². The summed E-state index contributed by atoms with van der Waals surface area (Å²) in [5.41, 5.74) is 7.93. The summed E-state index contributed by atoms with van der Waals surface area (Å²) < 4.78 is 44.3. The number of nitrogens with zero attached hydrogens (tertiary/aromatic N) is 1. The minimum Gasteiger partial charge on any atom is -0.497 e. The van der Waals surface area contributed by atoms with Crippen molar-refractivity contribution in [3.05, 3.63) is 83.9 Å². The van der Waals surface area contributed by atoms with Gasteiger partial charge in [-0.3, -0.25) is 0 Å². The van der Waals surface area contributed by atoms with Crippen LogP contribution in [0.5, 0.6) is 17.2 Å². The van der Waals surface area contributed by atoms with Crippen LogP contribution in [-0.4, -0.2) is 50.4 Å². The van der Waals surface area contributed by atoms with Gasteiger partial charge in [0.25, 0.3) is 0 Å². The second-order valence-corrected chi connectivity index (χ2v) is 10.0. The van der Waals surface area contributed by atoms with Crippen molar-refractivity contribution in [2.45, 2.75) is 30.0 Å². The number of hydrogen-bond donors (Lipinski definition) is 2. The number of benzene rings is 3. The lowest BCUT2D eigenvalue weighted by atomic mass is 10.0. The highest BCUT2D eigenvalue weighted by Gasteiger charge is 2.29. The van der Waals surface area contributed by atoms with Crippen LogP contribution in [0.1, 0.15) is 11.1 Å². The molecule has 0 spiro atoms. The predicted molar refractivity (Wildman–Crippen MR) is 127 cm³/mol. The van der Waals surface area contributed by atoms with E-state index < -0.39 is 22.2 Å². The molecule has 3 aromatic carbocycles. The lowest BCUT2D eigenvalue weighted by Crippen LogP contribution is -2.46. The summed E-state index contributed by atoms with van der Waals surface area (Å²) in [4.78, 5) is 0.0953. The van der Waals surface area contributed by atoms with E-state index >= 15 is 0 Å². The Morgan fingerprint density at radius 3 is 2.41 bits per heavy atom. The van der Waals surface area contributed by atoms with Crippen molar-refractivity contribution in [3.8, 4) is 17.2 Å². The molecule has 2 atom stereocenters. The summed E-state index contributed by atoms with van der Waals surface area (Å²) in [6.07, 6.45) is -0.662. The molecule has 3 N–H and O–H groups in total. The number of ether oxygens (including phenoxy) is 3. The Kier molecular flexibility index (Phi) is 7.38. The lowest BCUT2D eigenvalue weighted by molar-refractivity contribution is 0.117. The first-order chi connectivity index (χ1) is 16.4. The van der Waals surface area contributed by atoms with Crippen LogP contribution < -0.4 is 19.9 Å².